The van der Waals surface area contributed by atoms with Crippen molar-refractivity contribution in [3.8, 4) is 0 Å². The number of aromatic nitrogens is 3. The van der Waals surface area contributed by atoms with Crippen LogP contribution >= 0.6 is 24.0 Å². The summed E-state index contributed by atoms with van der Waals surface area (Å²) in [7, 11) is 0. The highest BCUT2D eigenvalue weighted by molar-refractivity contribution is 14.0. The maximum Gasteiger partial charge on any atom is 0.192 e. The average molecular weight is 426 g/mol. The minimum Gasteiger partial charge on any atom is -0.467 e. The highest BCUT2D eigenvalue weighted by Gasteiger charge is 2.05. The maximum absolute atomic E-state index is 5.30. The van der Waals surface area contributed by atoms with Crippen molar-refractivity contribution >= 4 is 35.6 Å². The van der Waals surface area contributed by atoms with Gasteiger partial charge in [0.25, 0.3) is 0 Å². The Morgan fingerprint density at radius 3 is 2.91 bits per heavy atom. The number of nitrogens with zero attached hydrogens (tertiary/aromatic N) is 4. The van der Waals surface area contributed by atoms with Crippen molar-refractivity contribution in [1.82, 2.24) is 25.2 Å². The van der Waals surface area contributed by atoms with Gasteiger partial charge in [0.05, 0.1) is 12.8 Å². The van der Waals surface area contributed by atoms with E-state index in [1.54, 1.807) is 6.26 Å². The number of aliphatic imine (C=N–C) groups is 1. The smallest absolute Gasteiger partial charge is 0.192 e. The second-order valence-corrected chi connectivity index (χ2v) is 4.67. The Hall–Kier alpha value is -2.10. The molecule has 3 rings (SSSR count). The molecule has 0 radical (unpaired) electrons. The van der Waals surface area contributed by atoms with Crippen LogP contribution in [-0.2, 0) is 13.1 Å². The first kappa shape index (κ1) is 17.3. The lowest BCUT2D eigenvalue weighted by atomic mass is 10.4. The fourth-order valence-electron chi connectivity index (χ4n) is 2.07. The lowest BCUT2D eigenvalue weighted by Crippen LogP contribution is -2.36. The van der Waals surface area contributed by atoms with Gasteiger partial charge in [0.15, 0.2) is 17.4 Å². The van der Waals surface area contributed by atoms with Gasteiger partial charge in [-0.15, -0.1) is 34.2 Å². The molecule has 7 nitrogen and oxygen atoms in total. The summed E-state index contributed by atoms with van der Waals surface area (Å²) in [5.74, 6) is 2.37. The highest BCUT2D eigenvalue weighted by atomic mass is 127. The second kappa shape index (κ2) is 8.51. The van der Waals surface area contributed by atoms with Gasteiger partial charge in [-0.1, -0.05) is 6.07 Å². The Labute approximate surface area is 151 Å². The van der Waals surface area contributed by atoms with E-state index in [0.29, 0.717) is 19.0 Å². The largest absolute Gasteiger partial charge is 0.467 e. The Morgan fingerprint density at radius 1 is 1.22 bits per heavy atom. The van der Waals surface area contributed by atoms with Crippen LogP contribution in [0.2, 0.25) is 0 Å². The zero-order chi connectivity index (χ0) is 15.2. The van der Waals surface area contributed by atoms with Gasteiger partial charge in [-0.2, -0.15) is 0 Å². The van der Waals surface area contributed by atoms with Crippen LogP contribution in [0.4, 0.5) is 0 Å². The van der Waals surface area contributed by atoms with Gasteiger partial charge < -0.3 is 15.1 Å². The molecule has 0 unspecified atom stereocenters. The molecule has 0 saturated carbocycles. The quantitative estimate of drug-likeness (QED) is 0.372. The molecule has 0 amide bonds. The van der Waals surface area contributed by atoms with Crippen LogP contribution < -0.4 is 10.6 Å². The normalized spacial score (nSPS) is 11.3. The Kier molecular flexibility index (Phi) is 6.39. The van der Waals surface area contributed by atoms with E-state index >= 15 is 0 Å². The van der Waals surface area contributed by atoms with Crippen LogP contribution in [0.5, 0.6) is 0 Å². The molecular weight excluding hydrogens is 407 g/mol. The first-order valence-corrected chi connectivity index (χ1v) is 7.20. The Balaban J connectivity index is 0.00000192. The summed E-state index contributed by atoms with van der Waals surface area (Å²) >= 11 is 0. The SMILES string of the molecule is CCNC(=NCc1nnc2ccccn12)NCc1ccco1.I. The van der Waals surface area contributed by atoms with Crippen molar-refractivity contribution in [2.45, 2.75) is 20.0 Å². The first-order valence-electron chi connectivity index (χ1n) is 7.20. The number of nitrogens with one attached hydrogen (secondary N) is 2. The molecule has 0 fully saturated rings. The van der Waals surface area contributed by atoms with Crippen LogP contribution in [0.1, 0.15) is 18.5 Å². The summed E-state index contributed by atoms with van der Waals surface area (Å²) in [5.41, 5.74) is 0.821. The lowest BCUT2D eigenvalue weighted by molar-refractivity contribution is 0.501. The standard InChI is InChI=1S/C15H18N6O.HI/c1-2-16-15(17-10-12-6-5-9-22-12)18-11-14-20-19-13-7-3-4-8-21(13)14;/h3-9H,2,10-11H2,1H3,(H2,16,17,18);1H. The van der Waals surface area contributed by atoms with Crippen molar-refractivity contribution in [2.24, 2.45) is 4.99 Å². The van der Waals surface area contributed by atoms with Gasteiger partial charge in [0.1, 0.15) is 12.3 Å². The predicted molar refractivity (Wildman–Crippen MR) is 98.8 cm³/mol. The van der Waals surface area contributed by atoms with Gasteiger partial charge in [0.2, 0.25) is 0 Å². The molecule has 8 heteroatoms. The molecule has 0 atom stereocenters. The average Bonchev–Trinajstić information content (AvgIpc) is 3.20. The fourth-order valence-corrected chi connectivity index (χ4v) is 2.07. The second-order valence-electron chi connectivity index (χ2n) is 4.67. The molecule has 3 aromatic rings. The lowest BCUT2D eigenvalue weighted by Gasteiger charge is -2.09. The zero-order valence-corrected chi connectivity index (χ0v) is 15.1. The number of furan rings is 1. The highest BCUT2D eigenvalue weighted by Crippen LogP contribution is 2.04. The van der Waals surface area contributed by atoms with Crippen LogP contribution in [0.3, 0.4) is 0 Å². The predicted octanol–water partition coefficient (Wildman–Crippen LogP) is 2.20. The maximum atomic E-state index is 5.30. The van der Waals surface area contributed by atoms with Gasteiger partial charge in [0, 0.05) is 12.7 Å². The van der Waals surface area contributed by atoms with Crippen LogP contribution in [0.15, 0.2) is 52.2 Å². The molecule has 3 heterocycles. The van der Waals surface area contributed by atoms with E-state index in [9.17, 15) is 0 Å². The summed E-state index contributed by atoms with van der Waals surface area (Å²) in [6, 6.07) is 9.59. The summed E-state index contributed by atoms with van der Waals surface area (Å²) < 4.78 is 7.23. The minimum absolute atomic E-state index is 0. The molecule has 0 aromatic carbocycles. The monoisotopic (exact) mass is 426 g/mol. The Morgan fingerprint density at radius 2 is 2.13 bits per heavy atom. The molecule has 0 bridgehead atoms. The third kappa shape index (κ3) is 4.44. The minimum atomic E-state index is 0. The van der Waals surface area contributed by atoms with E-state index in [4.69, 9.17) is 4.42 Å². The third-order valence-electron chi connectivity index (χ3n) is 3.12. The van der Waals surface area contributed by atoms with E-state index in [1.165, 1.54) is 0 Å². The molecule has 2 N–H and O–H groups in total. The van der Waals surface area contributed by atoms with E-state index in [0.717, 1.165) is 23.8 Å². The van der Waals surface area contributed by atoms with E-state index in [2.05, 4.69) is 25.8 Å². The number of hydrogen-bond donors (Lipinski definition) is 2. The van der Waals surface area contributed by atoms with Gasteiger partial charge in [-0.3, -0.25) is 4.40 Å². The molecule has 0 saturated heterocycles. The van der Waals surface area contributed by atoms with E-state index in [-0.39, 0.29) is 24.0 Å². The molecule has 0 spiro atoms. The first-order chi connectivity index (χ1) is 10.9. The topological polar surface area (TPSA) is 79.8 Å². The Bertz CT molecular complexity index is 752. The zero-order valence-electron chi connectivity index (χ0n) is 12.8. The van der Waals surface area contributed by atoms with Crippen molar-refractivity contribution in [2.75, 3.05) is 6.54 Å². The third-order valence-corrected chi connectivity index (χ3v) is 3.12. The molecule has 0 aliphatic rings. The van der Waals surface area contributed by atoms with Crippen molar-refractivity contribution in [3.05, 3.63) is 54.4 Å². The van der Waals surface area contributed by atoms with Crippen molar-refractivity contribution in [3.63, 3.8) is 0 Å². The van der Waals surface area contributed by atoms with Crippen molar-refractivity contribution in [1.29, 1.82) is 0 Å². The number of pyridine rings is 1. The number of hydrogen-bond acceptors (Lipinski definition) is 4. The van der Waals surface area contributed by atoms with Gasteiger partial charge in [-0.05, 0) is 31.2 Å². The molecule has 3 aromatic heterocycles. The molecule has 122 valence electrons. The summed E-state index contributed by atoms with van der Waals surface area (Å²) in [5, 5.41) is 14.7. The molecule has 0 aliphatic carbocycles. The van der Waals surface area contributed by atoms with E-state index in [1.807, 2.05) is 47.9 Å². The summed E-state index contributed by atoms with van der Waals surface area (Å²) in [4.78, 5) is 4.53. The number of rotatable bonds is 5. The number of fused-ring (bicyclic) bond motifs is 1. The van der Waals surface area contributed by atoms with Crippen LogP contribution in [0.25, 0.3) is 5.65 Å². The summed E-state index contributed by atoms with van der Waals surface area (Å²) in [6.45, 7) is 3.83. The van der Waals surface area contributed by atoms with Gasteiger partial charge in [-0.25, -0.2) is 4.99 Å². The fraction of sp³-hybridized carbons (Fsp3) is 0.267. The number of halogens is 1. The molecule has 23 heavy (non-hydrogen) atoms. The van der Waals surface area contributed by atoms with Crippen LogP contribution in [-0.4, -0.2) is 27.1 Å². The molecular formula is C15H19IN6O. The van der Waals surface area contributed by atoms with Crippen LogP contribution in [0, 0.1) is 0 Å². The number of guanidine groups is 1. The van der Waals surface area contributed by atoms with Crippen molar-refractivity contribution < 1.29 is 4.42 Å². The van der Waals surface area contributed by atoms with Gasteiger partial charge >= 0.3 is 0 Å². The van der Waals surface area contributed by atoms with E-state index < -0.39 is 0 Å². The molecule has 0 aliphatic heterocycles. The summed E-state index contributed by atoms with van der Waals surface area (Å²) in [6.07, 6.45) is 3.59.